The first-order valence-corrected chi connectivity index (χ1v) is 6.84. The van der Waals surface area contributed by atoms with E-state index in [4.69, 9.17) is 0 Å². The zero-order chi connectivity index (χ0) is 13.3. The molecule has 2 heteroatoms. The summed E-state index contributed by atoms with van der Waals surface area (Å²) in [6.45, 7) is 8.24. The van der Waals surface area contributed by atoms with Crippen molar-refractivity contribution < 1.29 is 5.11 Å². The van der Waals surface area contributed by atoms with Crippen molar-refractivity contribution in [2.45, 2.75) is 37.5 Å². The van der Waals surface area contributed by atoms with E-state index in [9.17, 15) is 5.11 Å². The van der Waals surface area contributed by atoms with Crippen LogP contribution in [0.3, 0.4) is 0 Å². The third-order valence-corrected chi connectivity index (χ3v) is 4.27. The number of phenols is 1. The highest BCUT2D eigenvalue weighted by atomic mass is 32.2. The summed E-state index contributed by atoms with van der Waals surface area (Å²) in [5.74, 6) is 0.372. The summed E-state index contributed by atoms with van der Waals surface area (Å²) in [5, 5.41) is 9.67. The third kappa shape index (κ3) is 2.70. The number of hydrogen-bond donors (Lipinski definition) is 1. The molecule has 18 heavy (non-hydrogen) atoms. The summed E-state index contributed by atoms with van der Waals surface area (Å²) in [4.78, 5) is 2.45. The molecule has 0 aromatic heterocycles. The molecule has 0 saturated carbocycles. The topological polar surface area (TPSA) is 20.2 Å². The number of aromatic hydroxyl groups is 1. The predicted octanol–water partition coefficient (Wildman–Crippen LogP) is 4.78. The Morgan fingerprint density at radius 3 is 2.06 bits per heavy atom. The molecule has 0 unspecified atom stereocenters. The Labute approximate surface area is 113 Å². The van der Waals surface area contributed by atoms with Crippen molar-refractivity contribution in [2.75, 3.05) is 0 Å². The van der Waals surface area contributed by atoms with Gasteiger partial charge in [0.05, 0.1) is 0 Å². The molecule has 0 radical (unpaired) electrons. The van der Waals surface area contributed by atoms with Crippen LogP contribution in [-0.2, 0) is 0 Å². The molecule has 2 rings (SSSR count). The molecule has 0 fully saturated rings. The Bertz CT molecular complexity index is 568. The highest BCUT2D eigenvalue weighted by molar-refractivity contribution is 7.99. The summed E-state index contributed by atoms with van der Waals surface area (Å²) >= 11 is 1.75. The maximum Gasteiger partial charge on any atom is 0.118 e. The molecule has 0 saturated heterocycles. The first kappa shape index (κ1) is 13.0. The van der Waals surface area contributed by atoms with Gasteiger partial charge in [-0.1, -0.05) is 17.8 Å². The molecule has 0 aliphatic heterocycles. The van der Waals surface area contributed by atoms with Gasteiger partial charge < -0.3 is 5.11 Å². The van der Waals surface area contributed by atoms with Crippen LogP contribution in [0.1, 0.15) is 22.3 Å². The highest BCUT2D eigenvalue weighted by Crippen LogP contribution is 2.35. The number of hydrogen-bond acceptors (Lipinski definition) is 2. The van der Waals surface area contributed by atoms with Gasteiger partial charge in [0.25, 0.3) is 0 Å². The van der Waals surface area contributed by atoms with Crippen molar-refractivity contribution in [3.63, 3.8) is 0 Å². The SMILES string of the molecule is Cc1cc(C)cc(Sc2ccc(O)c(C)c2C)c1. The van der Waals surface area contributed by atoms with E-state index in [2.05, 4.69) is 39.0 Å². The lowest BCUT2D eigenvalue weighted by atomic mass is 10.1. The lowest BCUT2D eigenvalue weighted by Crippen LogP contribution is -1.87. The van der Waals surface area contributed by atoms with Crippen LogP contribution in [0.25, 0.3) is 0 Å². The van der Waals surface area contributed by atoms with E-state index in [1.54, 1.807) is 17.8 Å². The van der Waals surface area contributed by atoms with Crippen molar-refractivity contribution in [1.82, 2.24) is 0 Å². The fourth-order valence-electron chi connectivity index (χ4n) is 2.01. The summed E-state index contributed by atoms with van der Waals surface area (Å²) in [7, 11) is 0. The second-order valence-corrected chi connectivity index (χ2v) is 5.87. The lowest BCUT2D eigenvalue weighted by Gasteiger charge is -2.10. The molecule has 0 atom stereocenters. The highest BCUT2D eigenvalue weighted by Gasteiger charge is 2.07. The van der Waals surface area contributed by atoms with Crippen LogP contribution in [0.4, 0.5) is 0 Å². The minimum absolute atomic E-state index is 0.372. The molecule has 0 aliphatic carbocycles. The zero-order valence-corrected chi connectivity index (χ0v) is 12.1. The number of phenolic OH excluding ortho intramolecular Hbond substituents is 1. The Morgan fingerprint density at radius 2 is 1.44 bits per heavy atom. The van der Waals surface area contributed by atoms with Gasteiger partial charge in [0.15, 0.2) is 0 Å². The van der Waals surface area contributed by atoms with Gasteiger partial charge >= 0.3 is 0 Å². The molecule has 2 aromatic carbocycles. The van der Waals surface area contributed by atoms with Crippen molar-refractivity contribution in [1.29, 1.82) is 0 Å². The monoisotopic (exact) mass is 258 g/mol. The Balaban J connectivity index is 2.37. The Hall–Kier alpha value is -1.41. The van der Waals surface area contributed by atoms with Crippen LogP contribution in [0.15, 0.2) is 40.1 Å². The van der Waals surface area contributed by atoms with Crippen molar-refractivity contribution in [3.8, 4) is 5.75 Å². The average molecular weight is 258 g/mol. The molecule has 0 aliphatic rings. The Kier molecular flexibility index (Phi) is 3.67. The predicted molar refractivity (Wildman–Crippen MR) is 77.6 cm³/mol. The van der Waals surface area contributed by atoms with Crippen LogP contribution in [0, 0.1) is 27.7 Å². The van der Waals surface area contributed by atoms with E-state index in [0.29, 0.717) is 5.75 Å². The van der Waals surface area contributed by atoms with Gasteiger partial charge in [-0.05, 0) is 74.2 Å². The molecule has 0 bridgehead atoms. The number of rotatable bonds is 2. The largest absolute Gasteiger partial charge is 0.508 e. The van der Waals surface area contributed by atoms with Crippen molar-refractivity contribution >= 4 is 11.8 Å². The van der Waals surface area contributed by atoms with Crippen LogP contribution in [-0.4, -0.2) is 5.11 Å². The quantitative estimate of drug-likeness (QED) is 0.836. The maximum absolute atomic E-state index is 9.67. The summed E-state index contributed by atoms with van der Waals surface area (Å²) in [6, 6.07) is 10.3. The number of aryl methyl sites for hydroxylation is 2. The second kappa shape index (κ2) is 5.07. The normalized spacial score (nSPS) is 10.7. The molecule has 0 amide bonds. The van der Waals surface area contributed by atoms with Crippen LogP contribution < -0.4 is 0 Å². The van der Waals surface area contributed by atoms with Crippen molar-refractivity contribution in [3.05, 3.63) is 52.6 Å². The van der Waals surface area contributed by atoms with E-state index in [1.165, 1.54) is 20.9 Å². The van der Waals surface area contributed by atoms with E-state index in [0.717, 1.165) is 11.1 Å². The van der Waals surface area contributed by atoms with Gasteiger partial charge in [0.2, 0.25) is 0 Å². The van der Waals surface area contributed by atoms with E-state index in [-0.39, 0.29) is 0 Å². The summed E-state index contributed by atoms with van der Waals surface area (Å²) in [5.41, 5.74) is 4.68. The van der Waals surface area contributed by atoms with Crippen LogP contribution in [0.5, 0.6) is 5.75 Å². The minimum Gasteiger partial charge on any atom is -0.508 e. The van der Waals surface area contributed by atoms with Gasteiger partial charge in [-0.15, -0.1) is 0 Å². The molecule has 1 nitrogen and oxygen atoms in total. The lowest BCUT2D eigenvalue weighted by molar-refractivity contribution is 0.470. The van der Waals surface area contributed by atoms with Crippen LogP contribution in [0.2, 0.25) is 0 Å². The first-order chi connectivity index (χ1) is 8.47. The molecule has 0 spiro atoms. The average Bonchev–Trinajstić information content (AvgIpc) is 2.29. The van der Waals surface area contributed by atoms with E-state index >= 15 is 0 Å². The van der Waals surface area contributed by atoms with Gasteiger partial charge in [-0.2, -0.15) is 0 Å². The molecular weight excluding hydrogens is 240 g/mol. The van der Waals surface area contributed by atoms with E-state index in [1.807, 2.05) is 13.0 Å². The minimum atomic E-state index is 0.372. The fraction of sp³-hybridized carbons (Fsp3) is 0.250. The zero-order valence-electron chi connectivity index (χ0n) is 11.2. The van der Waals surface area contributed by atoms with Crippen LogP contribution >= 0.6 is 11.8 Å². The van der Waals surface area contributed by atoms with Crippen molar-refractivity contribution in [2.24, 2.45) is 0 Å². The summed E-state index contributed by atoms with van der Waals surface area (Å²) in [6.07, 6.45) is 0. The third-order valence-electron chi connectivity index (χ3n) is 3.13. The van der Waals surface area contributed by atoms with Gasteiger partial charge in [0.1, 0.15) is 5.75 Å². The van der Waals surface area contributed by atoms with Gasteiger partial charge in [0, 0.05) is 9.79 Å². The molecule has 94 valence electrons. The van der Waals surface area contributed by atoms with Gasteiger partial charge in [-0.25, -0.2) is 0 Å². The molecule has 1 N–H and O–H groups in total. The second-order valence-electron chi connectivity index (χ2n) is 4.76. The standard InChI is InChI=1S/C16H18OS/c1-10-7-11(2)9-14(8-10)18-16-6-5-15(17)12(3)13(16)4/h5-9,17H,1-4H3. The molecule has 0 heterocycles. The fourth-order valence-corrected chi connectivity index (χ4v) is 3.20. The number of benzene rings is 2. The smallest absolute Gasteiger partial charge is 0.118 e. The van der Waals surface area contributed by atoms with E-state index < -0.39 is 0 Å². The molecule has 2 aromatic rings. The maximum atomic E-state index is 9.67. The summed E-state index contributed by atoms with van der Waals surface area (Å²) < 4.78 is 0. The van der Waals surface area contributed by atoms with Gasteiger partial charge in [-0.3, -0.25) is 0 Å². The Morgan fingerprint density at radius 1 is 0.833 bits per heavy atom. The molecular formula is C16H18OS. The first-order valence-electron chi connectivity index (χ1n) is 6.02.